The molecular weight excluding hydrogens is 256 g/mol. The summed E-state index contributed by atoms with van der Waals surface area (Å²) >= 11 is 1.50. The Kier molecular flexibility index (Phi) is 5.49. The van der Waals surface area contributed by atoms with Gasteiger partial charge in [0, 0.05) is 10.6 Å². The molecule has 0 saturated heterocycles. The van der Waals surface area contributed by atoms with Gasteiger partial charge in [-0.25, -0.2) is 8.42 Å². The molecule has 17 heavy (non-hydrogen) atoms. The van der Waals surface area contributed by atoms with Crippen LogP contribution >= 0.6 is 11.8 Å². The highest BCUT2D eigenvalue weighted by Gasteiger charge is 2.15. The van der Waals surface area contributed by atoms with Crippen molar-refractivity contribution in [2.45, 2.75) is 30.6 Å². The van der Waals surface area contributed by atoms with E-state index < -0.39 is 9.84 Å². The summed E-state index contributed by atoms with van der Waals surface area (Å²) in [7, 11) is -2.95. The highest BCUT2D eigenvalue weighted by molar-refractivity contribution is 8.00. The Bertz CT molecular complexity index is 453. The van der Waals surface area contributed by atoms with Crippen LogP contribution in [0.1, 0.15) is 19.4 Å². The topological polar surface area (TPSA) is 54.4 Å². The molecule has 0 fully saturated rings. The lowest BCUT2D eigenvalue weighted by molar-refractivity contribution is 0.281. The summed E-state index contributed by atoms with van der Waals surface area (Å²) in [6.07, 6.45) is 0. The monoisotopic (exact) mass is 274 g/mol. The van der Waals surface area contributed by atoms with Gasteiger partial charge in [0.1, 0.15) is 0 Å². The van der Waals surface area contributed by atoms with Gasteiger partial charge in [0.2, 0.25) is 0 Å². The third kappa shape index (κ3) is 4.69. The number of benzene rings is 1. The number of rotatable bonds is 6. The largest absolute Gasteiger partial charge is 0.392 e. The summed E-state index contributed by atoms with van der Waals surface area (Å²) in [4.78, 5) is 0.996. The quantitative estimate of drug-likeness (QED) is 0.807. The Morgan fingerprint density at radius 3 is 2.65 bits per heavy atom. The van der Waals surface area contributed by atoms with Gasteiger partial charge in [0.25, 0.3) is 0 Å². The molecule has 0 aliphatic rings. The van der Waals surface area contributed by atoms with Crippen molar-refractivity contribution >= 4 is 21.6 Å². The van der Waals surface area contributed by atoms with Crippen molar-refractivity contribution in [3.05, 3.63) is 29.8 Å². The summed E-state index contributed by atoms with van der Waals surface area (Å²) in [5.74, 6) is 0.744. The van der Waals surface area contributed by atoms with Crippen molar-refractivity contribution in [1.82, 2.24) is 0 Å². The van der Waals surface area contributed by atoms with E-state index in [2.05, 4.69) is 0 Å². The predicted octanol–water partition coefficient (Wildman–Crippen LogP) is 2.09. The second-order valence-electron chi connectivity index (χ2n) is 4.07. The number of thioether (sulfide) groups is 1. The number of sulfone groups is 1. The van der Waals surface area contributed by atoms with E-state index in [-0.39, 0.29) is 17.6 Å². The van der Waals surface area contributed by atoms with Gasteiger partial charge >= 0.3 is 0 Å². The van der Waals surface area contributed by atoms with Crippen molar-refractivity contribution < 1.29 is 13.5 Å². The SMILES string of the molecule is CC(C)S(=O)(=O)CCSc1cccc(CO)c1. The molecule has 0 spiro atoms. The molecule has 96 valence electrons. The fourth-order valence-corrected chi connectivity index (χ4v) is 3.62. The molecule has 0 bridgehead atoms. The number of hydrogen-bond donors (Lipinski definition) is 1. The molecule has 0 radical (unpaired) electrons. The van der Waals surface area contributed by atoms with Gasteiger partial charge in [0.05, 0.1) is 17.6 Å². The molecular formula is C12H18O3S2. The van der Waals surface area contributed by atoms with Crippen LogP contribution in [0.5, 0.6) is 0 Å². The van der Waals surface area contributed by atoms with E-state index in [0.29, 0.717) is 5.75 Å². The molecule has 0 unspecified atom stereocenters. The first-order valence-corrected chi connectivity index (χ1v) is 8.20. The fourth-order valence-electron chi connectivity index (χ4n) is 1.25. The Morgan fingerprint density at radius 2 is 2.06 bits per heavy atom. The maximum Gasteiger partial charge on any atom is 0.153 e. The molecule has 0 aliphatic heterocycles. The molecule has 0 amide bonds. The van der Waals surface area contributed by atoms with Crippen molar-refractivity contribution in [2.75, 3.05) is 11.5 Å². The Balaban J connectivity index is 2.51. The molecule has 0 saturated carbocycles. The van der Waals surface area contributed by atoms with Crippen molar-refractivity contribution in [1.29, 1.82) is 0 Å². The Hall–Kier alpha value is -0.520. The van der Waals surface area contributed by atoms with Gasteiger partial charge in [-0.1, -0.05) is 12.1 Å². The summed E-state index contributed by atoms with van der Waals surface area (Å²) in [5, 5.41) is 8.67. The minimum Gasteiger partial charge on any atom is -0.392 e. The first kappa shape index (κ1) is 14.5. The van der Waals surface area contributed by atoms with Gasteiger partial charge in [-0.15, -0.1) is 11.8 Å². The van der Waals surface area contributed by atoms with Crippen LogP contribution in [-0.4, -0.2) is 30.3 Å². The van der Waals surface area contributed by atoms with Crippen LogP contribution in [0.3, 0.4) is 0 Å². The van der Waals surface area contributed by atoms with Gasteiger partial charge in [-0.2, -0.15) is 0 Å². The van der Waals surface area contributed by atoms with Crippen LogP contribution in [0.4, 0.5) is 0 Å². The van der Waals surface area contributed by atoms with Gasteiger partial charge < -0.3 is 5.11 Å². The van der Waals surface area contributed by atoms with E-state index >= 15 is 0 Å². The molecule has 1 aromatic rings. The van der Waals surface area contributed by atoms with E-state index in [1.165, 1.54) is 11.8 Å². The molecule has 0 heterocycles. The van der Waals surface area contributed by atoms with E-state index in [9.17, 15) is 8.42 Å². The molecule has 0 atom stereocenters. The Morgan fingerprint density at radius 1 is 1.35 bits per heavy atom. The lowest BCUT2D eigenvalue weighted by Gasteiger charge is -2.07. The molecule has 1 N–H and O–H groups in total. The van der Waals surface area contributed by atoms with Crippen LogP contribution in [-0.2, 0) is 16.4 Å². The zero-order chi connectivity index (χ0) is 12.9. The fraction of sp³-hybridized carbons (Fsp3) is 0.500. The average molecular weight is 274 g/mol. The molecule has 5 heteroatoms. The summed E-state index contributed by atoms with van der Waals surface area (Å²) in [5.41, 5.74) is 0.849. The van der Waals surface area contributed by atoms with E-state index in [1.807, 2.05) is 24.3 Å². The third-order valence-electron chi connectivity index (χ3n) is 2.44. The maximum absolute atomic E-state index is 11.6. The lowest BCUT2D eigenvalue weighted by Crippen LogP contribution is -2.18. The molecule has 3 nitrogen and oxygen atoms in total. The van der Waals surface area contributed by atoms with Crippen molar-refractivity contribution in [3.63, 3.8) is 0 Å². The normalized spacial score (nSPS) is 12.0. The van der Waals surface area contributed by atoms with Gasteiger partial charge in [-0.3, -0.25) is 0 Å². The van der Waals surface area contributed by atoms with E-state index in [1.54, 1.807) is 13.8 Å². The van der Waals surface area contributed by atoms with E-state index in [4.69, 9.17) is 5.11 Å². The number of aliphatic hydroxyl groups excluding tert-OH is 1. The smallest absolute Gasteiger partial charge is 0.153 e. The molecule has 1 rings (SSSR count). The van der Waals surface area contributed by atoms with Gasteiger partial charge in [0.15, 0.2) is 9.84 Å². The van der Waals surface area contributed by atoms with Crippen LogP contribution in [0, 0.1) is 0 Å². The lowest BCUT2D eigenvalue weighted by atomic mass is 10.2. The Labute approximate surface area is 107 Å². The molecule has 0 aliphatic carbocycles. The van der Waals surface area contributed by atoms with Crippen molar-refractivity contribution in [3.8, 4) is 0 Å². The molecule has 1 aromatic carbocycles. The van der Waals surface area contributed by atoms with E-state index in [0.717, 1.165) is 10.5 Å². The number of aliphatic hydroxyl groups is 1. The second kappa shape index (κ2) is 6.42. The van der Waals surface area contributed by atoms with Crippen LogP contribution in [0.2, 0.25) is 0 Å². The third-order valence-corrected chi connectivity index (χ3v) is 5.90. The molecule has 0 aromatic heterocycles. The minimum atomic E-state index is -2.95. The highest BCUT2D eigenvalue weighted by Crippen LogP contribution is 2.20. The summed E-state index contributed by atoms with van der Waals surface area (Å²) in [6.45, 7) is 3.41. The summed E-state index contributed by atoms with van der Waals surface area (Å²) in [6, 6.07) is 7.51. The highest BCUT2D eigenvalue weighted by atomic mass is 32.2. The second-order valence-corrected chi connectivity index (χ2v) is 7.91. The standard InChI is InChI=1S/C12H18O3S2/c1-10(2)17(14,15)7-6-16-12-5-3-4-11(8-12)9-13/h3-5,8,10,13H,6-7,9H2,1-2H3. The van der Waals surface area contributed by atoms with Crippen LogP contribution < -0.4 is 0 Å². The minimum absolute atomic E-state index is 0.0126. The van der Waals surface area contributed by atoms with Gasteiger partial charge in [-0.05, 0) is 31.5 Å². The zero-order valence-corrected chi connectivity index (χ0v) is 11.7. The summed E-state index contributed by atoms with van der Waals surface area (Å²) < 4.78 is 23.2. The maximum atomic E-state index is 11.6. The first-order valence-electron chi connectivity index (χ1n) is 5.50. The number of hydrogen-bond acceptors (Lipinski definition) is 4. The average Bonchev–Trinajstić information content (AvgIpc) is 2.29. The first-order chi connectivity index (χ1) is 7.95. The zero-order valence-electron chi connectivity index (χ0n) is 10.1. The predicted molar refractivity (Wildman–Crippen MR) is 72.0 cm³/mol. The van der Waals surface area contributed by atoms with Crippen LogP contribution in [0.25, 0.3) is 0 Å². The van der Waals surface area contributed by atoms with Crippen LogP contribution in [0.15, 0.2) is 29.2 Å². The van der Waals surface area contributed by atoms with Crippen molar-refractivity contribution in [2.24, 2.45) is 0 Å².